The third kappa shape index (κ3) is 5.47. The Labute approximate surface area is 170 Å². The second kappa shape index (κ2) is 10.2. The predicted octanol–water partition coefficient (Wildman–Crippen LogP) is 2.73. The molecule has 0 spiro atoms. The van der Waals surface area contributed by atoms with Gasteiger partial charge in [-0.25, -0.2) is 13.6 Å². The minimum absolute atomic E-state index is 0.0668. The summed E-state index contributed by atoms with van der Waals surface area (Å²) in [5.41, 5.74) is 4.65. The lowest BCUT2D eigenvalue weighted by molar-refractivity contribution is -0.116. The van der Waals surface area contributed by atoms with E-state index in [-0.39, 0.29) is 23.8 Å². The molecule has 1 aromatic carbocycles. The van der Waals surface area contributed by atoms with E-state index in [1.54, 1.807) is 0 Å². The zero-order valence-electron chi connectivity index (χ0n) is 16.3. The number of carbonyl (C=O) groups excluding carboxylic acids is 1. The number of anilines is 2. The zero-order chi connectivity index (χ0) is 21.6. The number of benzene rings is 1. The molecule has 29 heavy (non-hydrogen) atoms. The lowest BCUT2D eigenvalue weighted by Gasteiger charge is -2.24. The van der Waals surface area contributed by atoms with Crippen molar-refractivity contribution in [2.45, 2.75) is 44.6 Å². The number of carbonyl (C=O) groups is 1. The number of hydrogen-bond acceptors (Lipinski definition) is 5. The summed E-state index contributed by atoms with van der Waals surface area (Å²) in [4.78, 5) is 41.2. The molecule has 10 heteroatoms. The van der Waals surface area contributed by atoms with E-state index in [1.807, 2.05) is 13.8 Å². The van der Waals surface area contributed by atoms with Crippen LogP contribution in [0.1, 0.15) is 33.1 Å². The summed E-state index contributed by atoms with van der Waals surface area (Å²) in [7, 11) is 0. The van der Waals surface area contributed by atoms with Gasteiger partial charge in [0.2, 0.25) is 5.91 Å². The van der Waals surface area contributed by atoms with Crippen molar-refractivity contribution in [3.8, 4) is 0 Å². The number of nitrogen functional groups attached to an aromatic ring is 1. The van der Waals surface area contributed by atoms with Crippen LogP contribution in [0, 0.1) is 11.6 Å². The molecule has 0 aliphatic heterocycles. The third-order valence-electron chi connectivity index (χ3n) is 4.22. The van der Waals surface area contributed by atoms with Crippen LogP contribution in [0.4, 0.5) is 20.3 Å². The first-order chi connectivity index (χ1) is 13.8. The maximum atomic E-state index is 13.4. The van der Waals surface area contributed by atoms with Crippen LogP contribution in [0.2, 0.25) is 0 Å². The minimum Gasteiger partial charge on any atom is -0.383 e. The maximum absolute atomic E-state index is 13.4. The molecule has 0 atom stereocenters. The van der Waals surface area contributed by atoms with Crippen molar-refractivity contribution < 1.29 is 13.6 Å². The van der Waals surface area contributed by atoms with Gasteiger partial charge in [-0.1, -0.05) is 20.3 Å². The summed E-state index contributed by atoms with van der Waals surface area (Å²) in [6, 6.07) is 3.36. The number of nitrogens with two attached hydrogens (primary N) is 1. The predicted molar refractivity (Wildman–Crippen MR) is 110 cm³/mol. The molecule has 0 aliphatic carbocycles. The van der Waals surface area contributed by atoms with E-state index < -0.39 is 28.8 Å². The van der Waals surface area contributed by atoms with Crippen LogP contribution in [0.25, 0.3) is 0 Å². The maximum Gasteiger partial charge on any atom is 0.330 e. The van der Waals surface area contributed by atoms with Gasteiger partial charge < -0.3 is 10.6 Å². The minimum atomic E-state index is -1.00. The molecule has 0 unspecified atom stereocenters. The molecule has 2 aromatic rings. The summed E-state index contributed by atoms with van der Waals surface area (Å²) in [5, 5.41) is 0. The van der Waals surface area contributed by atoms with Gasteiger partial charge in [-0.15, -0.1) is 11.8 Å². The summed E-state index contributed by atoms with van der Waals surface area (Å²) < 4.78 is 27.7. The SMILES string of the molecule is CCCCN(C(=O)CSc1ccc(F)c(F)c1)c1c(N)n(CCC)c(=O)[nH]c1=O. The van der Waals surface area contributed by atoms with Crippen LogP contribution < -0.4 is 21.9 Å². The fourth-order valence-electron chi connectivity index (χ4n) is 2.75. The second-order valence-electron chi connectivity index (χ2n) is 6.41. The summed E-state index contributed by atoms with van der Waals surface area (Å²) in [6.45, 7) is 4.33. The van der Waals surface area contributed by atoms with Gasteiger partial charge in [0.05, 0.1) is 5.75 Å². The number of rotatable bonds is 9. The molecule has 1 amide bonds. The van der Waals surface area contributed by atoms with Gasteiger partial charge in [-0.3, -0.25) is 19.1 Å². The van der Waals surface area contributed by atoms with Gasteiger partial charge in [0.15, 0.2) is 17.3 Å². The Bertz CT molecular complexity index is 990. The highest BCUT2D eigenvalue weighted by Crippen LogP contribution is 2.23. The van der Waals surface area contributed by atoms with E-state index in [0.29, 0.717) is 24.3 Å². The largest absolute Gasteiger partial charge is 0.383 e. The number of H-pyrrole nitrogens is 1. The molecule has 3 N–H and O–H groups in total. The lowest BCUT2D eigenvalue weighted by Crippen LogP contribution is -2.42. The smallest absolute Gasteiger partial charge is 0.330 e. The van der Waals surface area contributed by atoms with Crippen molar-refractivity contribution in [2.24, 2.45) is 0 Å². The van der Waals surface area contributed by atoms with Gasteiger partial charge in [0.25, 0.3) is 5.56 Å². The number of unbranched alkanes of at least 4 members (excludes halogenated alkanes) is 1. The highest BCUT2D eigenvalue weighted by Gasteiger charge is 2.24. The monoisotopic (exact) mass is 426 g/mol. The first-order valence-corrected chi connectivity index (χ1v) is 10.3. The van der Waals surface area contributed by atoms with Crippen LogP contribution in [-0.4, -0.2) is 27.8 Å². The van der Waals surface area contributed by atoms with Crippen molar-refractivity contribution in [2.75, 3.05) is 22.9 Å². The Morgan fingerprint density at radius 3 is 2.55 bits per heavy atom. The normalized spacial score (nSPS) is 10.9. The Balaban J connectivity index is 2.34. The van der Waals surface area contributed by atoms with Crippen molar-refractivity contribution in [1.29, 1.82) is 0 Å². The van der Waals surface area contributed by atoms with Crippen molar-refractivity contribution >= 4 is 29.2 Å². The molecule has 1 heterocycles. The van der Waals surface area contributed by atoms with Crippen LogP contribution in [0.15, 0.2) is 32.7 Å². The number of nitrogens with one attached hydrogen (secondary N) is 1. The van der Waals surface area contributed by atoms with Gasteiger partial charge in [-0.2, -0.15) is 0 Å². The average molecular weight is 426 g/mol. The summed E-state index contributed by atoms with van der Waals surface area (Å²) in [5.74, 6) is -2.57. The van der Waals surface area contributed by atoms with Crippen molar-refractivity contribution in [1.82, 2.24) is 9.55 Å². The number of amides is 1. The zero-order valence-corrected chi connectivity index (χ0v) is 17.2. The van der Waals surface area contributed by atoms with E-state index >= 15 is 0 Å². The lowest BCUT2D eigenvalue weighted by atomic mass is 10.2. The molecule has 7 nitrogen and oxygen atoms in total. The molecule has 0 aliphatic rings. The van der Waals surface area contributed by atoms with Gasteiger partial charge in [0.1, 0.15) is 5.82 Å². The fourth-order valence-corrected chi connectivity index (χ4v) is 3.55. The highest BCUT2D eigenvalue weighted by molar-refractivity contribution is 8.00. The number of halogens is 2. The van der Waals surface area contributed by atoms with Crippen molar-refractivity contribution in [3.05, 3.63) is 50.7 Å². The number of aromatic amines is 1. The molecular weight excluding hydrogens is 402 g/mol. The molecule has 0 saturated carbocycles. The van der Waals surface area contributed by atoms with Gasteiger partial charge in [0, 0.05) is 18.0 Å². The molecular formula is C19H24F2N4O3S. The van der Waals surface area contributed by atoms with Gasteiger partial charge >= 0.3 is 5.69 Å². The van der Waals surface area contributed by atoms with E-state index in [4.69, 9.17) is 5.73 Å². The molecule has 2 rings (SSSR count). The summed E-state index contributed by atoms with van der Waals surface area (Å²) >= 11 is 1.02. The number of thioether (sulfide) groups is 1. The fraction of sp³-hybridized carbons (Fsp3) is 0.421. The van der Waals surface area contributed by atoms with Crippen LogP contribution in [-0.2, 0) is 11.3 Å². The number of aromatic nitrogens is 2. The van der Waals surface area contributed by atoms with Crippen LogP contribution in [0.5, 0.6) is 0 Å². The van der Waals surface area contributed by atoms with Crippen LogP contribution >= 0.6 is 11.8 Å². The highest BCUT2D eigenvalue weighted by atomic mass is 32.2. The Morgan fingerprint density at radius 1 is 1.21 bits per heavy atom. The molecule has 0 fully saturated rings. The Morgan fingerprint density at radius 2 is 1.93 bits per heavy atom. The third-order valence-corrected chi connectivity index (χ3v) is 5.20. The molecule has 0 saturated heterocycles. The standard InChI is InChI=1S/C19H24F2N4O3S/c1-3-5-9-24(15(26)11-29-12-6-7-13(20)14(21)10-12)16-17(22)25(8-4-2)19(28)23-18(16)27/h6-7,10H,3-5,8-9,11,22H2,1-2H3,(H,23,27,28). The van der Waals surface area contributed by atoms with Crippen molar-refractivity contribution in [3.63, 3.8) is 0 Å². The first kappa shape index (κ1) is 22.7. The van der Waals surface area contributed by atoms with E-state index in [9.17, 15) is 23.2 Å². The molecule has 1 aromatic heterocycles. The molecule has 0 bridgehead atoms. The Hall–Kier alpha value is -2.62. The van der Waals surface area contributed by atoms with E-state index in [2.05, 4.69) is 4.98 Å². The molecule has 0 radical (unpaired) electrons. The number of hydrogen-bond donors (Lipinski definition) is 2. The quantitative estimate of drug-likeness (QED) is 0.601. The van der Waals surface area contributed by atoms with E-state index in [0.717, 1.165) is 30.3 Å². The first-order valence-electron chi connectivity index (χ1n) is 9.30. The van der Waals surface area contributed by atoms with Gasteiger partial charge in [-0.05, 0) is 31.0 Å². The van der Waals surface area contributed by atoms with Crippen LogP contribution in [0.3, 0.4) is 0 Å². The number of nitrogens with zero attached hydrogens (tertiary/aromatic N) is 2. The Kier molecular flexibility index (Phi) is 8.00. The summed E-state index contributed by atoms with van der Waals surface area (Å²) in [6.07, 6.45) is 2.00. The second-order valence-corrected chi connectivity index (χ2v) is 7.46. The van der Waals surface area contributed by atoms with E-state index in [1.165, 1.54) is 15.5 Å². The topological polar surface area (TPSA) is 101 Å². The molecule has 158 valence electrons. The average Bonchev–Trinajstić information content (AvgIpc) is 2.68.